The van der Waals surface area contributed by atoms with Crippen LogP contribution in [-0.4, -0.2) is 102 Å². The zero-order chi connectivity index (χ0) is 43.0. The van der Waals surface area contributed by atoms with Crippen LogP contribution >= 0.6 is 0 Å². The topological polar surface area (TPSA) is 173 Å². The van der Waals surface area contributed by atoms with E-state index in [9.17, 15) is 28.8 Å². The first-order valence-corrected chi connectivity index (χ1v) is 20.8. The number of esters is 1. The number of hydrogen-bond donors (Lipinski definition) is 3. The smallest absolute Gasteiger partial charge is 0.408 e. The summed E-state index contributed by atoms with van der Waals surface area (Å²) >= 11 is 0. The molecule has 2 fully saturated rings. The third-order valence-electron chi connectivity index (χ3n) is 10.2. The third kappa shape index (κ3) is 15.0. The van der Waals surface area contributed by atoms with Crippen molar-refractivity contribution in [1.29, 1.82) is 0 Å². The lowest BCUT2D eigenvalue weighted by molar-refractivity contribution is -0.149. The Balaban J connectivity index is 1.41. The molecule has 0 bridgehead atoms. The Morgan fingerprint density at radius 3 is 2.07 bits per heavy atom. The molecule has 0 aliphatic carbocycles. The van der Waals surface area contributed by atoms with Crippen molar-refractivity contribution in [3.63, 3.8) is 0 Å². The number of methoxy groups -OCH3 is 1. The second kappa shape index (κ2) is 22.7. The van der Waals surface area contributed by atoms with Gasteiger partial charge in [0.1, 0.15) is 30.3 Å². The van der Waals surface area contributed by atoms with Crippen molar-refractivity contribution in [2.24, 2.45) is 11.8 Å². The predicted octanol–water partition coefficient (Wildman–Crippen LogP) is 5.69. The van der Waals surface area contributed by atoms with E-state index in [1.807, 2.05) is 72.8 Å². The van der Waals surface area contributed by atoms with Crippen LogP contribution in [0.2, 0.25) is 0 Å². The van der Waals surface area contributed by atoms with E-state index < -0.39 is 53.7 Å². The number of carbonyl (C=O) groups excluding carboxylic acids is 6. The quantitative estimate of drug-likeness (QED) is 0.0740. The average Bonchev–Trinajstić information content (AvgIpc) is 3.90. The van der Waals surface area contributed by atoms with Gasteiger partial charge in [-0.1, -0.05) is 86.7 Å². The van der Waals surface area contributed by atoms with Gasteiger partial charge >= 0.3 is 18.2 Å². The molecular formula is C45H63N5O9. The largest absolute Gasteiger partial charge is 0.467 e. The number of benzene rings is 2. The molecule has 59 heavy (non-hydrogen) atoms. The van der Waals surface area contributed by atoms with Gasteiger partial charge in [-0.3, -0.25) is 14.4 Å². The monoisotopic (exact) mass is 817 g/mol. The molecule has 2 saturated heterocycles. The van der Waals surface area contributed by atoms with E-state index in [2.05, 4.69) is 29.8 Å². The van der Waals surface area contributed by atoms with Crippen LogP contribution in [0.4, 0.5) is 9.59 Å². The van der Waals surface area contributed by atoms with Gasteiger partial charge in [0, 0.05) is 19.6 Å². The van der Waals surface area contributed by atoms with Gasteiger partial charge in [-0.05, 0) is 89.2 Å². The zero-order valence-corrected chi connectivity index (χ0v) is 35.4. The standard InChI is InChI=1S/C45H63N5O9/c1-31(2)28-35(47-44(56)59-45(3,4)5)24-23-34(29-32-16-9-7-10-17-32)40(52)50-27-15-22-38(50)41(53)49-26-14-21-37(49)39(51)48-36(42(54)57-6)20-13-25-46-43(55)58-30-33-18-11-8-12-19-33/h7-12,16-19,23-24,31,34-38H,13-15,20-22,25-30H2,1-6H3,(H,46,55)(H,47,56)(H,48,51)/b24-23+/t34-,35-,36+,37+,38+/m1/s1. The zero-order valence-electron chi connectivity index (χ0n) is 35.4. The van der Waals surface area contributed by atoms with Crippen molar-refractivity contribution in [3.8, 4) is 0 Å². The highest BCUT2D eigenvalue weighted by molar-refractivity contribution is 5.95. The highest BCUT2D eigenvalue weighted by Crippen LogP contribution is 2.28. The molecule has 4 rings (SSSR count). The van der Waals surface area contributed by atoms with E-state index in [1.165, 1.54) is 12.0 Å². The molecule has 0 aromatic heterocycles. The molecule has 0 unspecified atom stereocenters. The summed E-state index contributed by atoms with van der Waals surface area (Å²) < 4.78 is 15.7. The van der Waals surface area contributed by atoms with Crippen LogP contribution in [0.5, 0.6) is 0 Å². The first-order valence-electron chi connectivity index (χ1n) is 20.8. The maximum absolute atomic E-state index is 14.5. The molecule has 2 aliphatic heterocycles. The van der Waals surface area contributed by atoms with Crippen LogP contribution < -0.4 is 16.0 Å². The number of nitrogens with one attached hydrogen (secondary N) is 3. The molecule has 2 aliphatic rings. The minimum Gasteiger partial charge on any atom is -0.467 e. The molecule has 2 aromatic carbocycles. The SMILES string of the molecule is COC(=O)[C@H](CCCNC(=O)OCc1ccccc1)NC(=O)[C@@H]1CCCN1C(=O)[C@@H]1CCCN1C(=O)[C@H](/C=C/[C@H](CC(C)C)NC(=O)OC(C)(C)C)Cc1ccccc1. The maximum Gasteiger partial charge on any atom is 0.408 e. The Morgan fingerprint density at radius 1 is 0.814 bits per heavy atom. The van der Waals surface area contributed by atoms with Gasteiger partial charge in [0.15, 0.2) is 0 Å². The second-order valence-corrected chi connectivity index (χ2v) is 16.7. The van der Waals surface area contributed by atoms with Crippen LogP contribution in [0.25, 0.3) is 0 Å². The summed E-state index contributed by atoms with van der Waals surface area (Å²) in [6, 6.07) is 16.0. The van der Waals surface area contributed by atoms with E-state index in [4.69, 9.17) is 14.2 Å². The molecule has 0 spiro atoms. The first-order chi connectivity index (χ1) is 28.1. The van der Waals surface area contributed by atoms with E-state index in [1.54, 1.807) is 25.7 Å². The predicted molar refractivity (Wildman–Crippen MR) is 223 cm³/mol. The number of ether oxygens (including phenoxy) is 3. The van der Waals surface area contributed by atoms with Gasteiger partial charge in [0.05, 0.1) is 19.1 Å². The van der Waals surface area contributed by atoms with Crippen molar-refractivity contribution in [2.45, 2.75) is 122 Å². The molecule has 0 radical (unpaired) electrons. The normalized spacial score (nSPS) is 18.2. The molecule has 5 atom stereocenters. The van der Waals surface area contributed by atoms with Crippen LogP contribution in [0.1, 0.15) is 90.7 Å². The first kappa shape index (κ1) is 46.3. The van der Waals surface area contributed by atoms with Crippen molar-refractivity contribution in [2.75, 3.05) is 26.7 Å². The Kier molecular flexibility index (Phi) is 17.8. The average molecular weight is 818 g/mol. The van der Waals surface area contributed by atoms with Gasteiger partial charge < -0.3 is 40.0 Å². The highest BCUT2D eigenvalue weighted by Gasteiger charge is 2.43. The summed E-state index contributed by atoms with van der Waals surface area (Å²) in [6.07, 6.45) is 6.18. The summed E-state index contributed by atoms with van der Waals surface area (Å²) in [5.74, 6) is -1.99. The van der Waals surface area contributed by atoms with Crippen LogP contribution in [0.15, 0.2) is 72.8 Å². The summed E-state index contributed by atoms with van der Waals surface area (Å²) in [4.78, 5) is 83.4. The molecule has 14 heteroatoms. The van der Waals surface area contributed by atoms with Crippen molar-refractivity contribution in [3.05, 3.63) is 83.9 Å². The molecule has 0 saturated carbocycles. The van der Waals surface area contributed by atoms with Crippen LogP contribution in [0.3, 0.4) is 0 Å². The van der Waals surface area contributed by atoms with Gasteiger partial charge in [-0.25, -0.2) is 14.4 Å². The molecule has 2 aromatic rings. The molecule has 322 valence electrons. The van der Waals surface area contributed by atoms with Gasteiger partial charge in [0.25, 0.3) is 0 Å². The molecule has 14 nitrogen and oxygen atoms in total. The van der Waals surface area contributed by atoms with Crippen molar-refractivity contribution < 1.29 is 43.0 Å². The van der Waals surface area contributed by atoms with E-state index in [0.717, 1.165) is 11.1 Å². The summed E-state index contributed by atoms with van der Waals surface area (Å²) in [5, 5.41) is 8.39. The molecule has 5 amide bonds. The van der Waals surface area contributed by atoms with E-state index in [0.29, 0.717) is 58.0 Å². The van der Waals surface area contributed by atoms with Crippen LogP contribution in [-0.2, 0) is 46.4 Å². The number of nitrogens with zero attached hydrogens (tertiary/aromatic N) is 2. The van der Waals surface area contributed by atoms with E-state index >= 15 is 0 Å². The number of rotatable bonds is 18. The minimum atomic E-state index is -0.994. The van der Waals surface area contributed by atoms with Gasteiger partial charge in [-0.2, -0.15) is 0 Å². The fourth-order valence-corrected chi connectivity index (χ4v) is 7.45. The number of alkyl carbamates (subject to hydrolysis) is 2. The molecule has 2 heterocycles. The molecule has 3 N–H and O–H groups in total. The van der Waals surface area contributed by atoms with E-state index in [-0.39, 0.29) is 43.3 Å². The molecular weight excluding hydrogens is 755 g/mol. The fourth-order valence-electron chi connectivity index (χ4n) is 7.45. The fraction of sp³-hybridized carbons (Fsp3) is 0.556. The maximum atomic E-state index is 14.5. The lowest BCUT2D eigenvalue weighted by Crippen LogP contribution is -2.55. The Morgan fingerprint density at radius 2 is 1.44 bits per heavy atom. The summed E-state index contributed by atoms with van der Waals surface area (Å²) in [7, 11) is 1.24. The number of amides is 5. The lowest BCUT2D eigenvalue weighted by atomic mass is 9.94. The minimum absolute atomic E-state index is 0.121. The number of carbonyl (C=O) groups is 6. The second-order valence-electron chi connectivity index (χ2n) is 16.7. The Hall–Kier alpha value is -5.40. The van der Waals surface area contributed by atoms with Gasteiger partial charge in [0.2, 0.25) is 17.7 Å². The van der Waals surface area contributed by atoms with Crippen molar-refractivity contribution >= 4 is 35.9 Å². The van der Waals surface area contributed by atoms with Crippen LogP contribution in [0, 0.1) is 11.8 Å². The summed E-state index contributed by atoms with van der Waals surface area (Å²) in [6.45, 7) is 10.6. The Bertz CT molecular complexity index is 1730. The third-order valence-corrected chi connectivity index (χ3v) is 10.2. The van der Waals surface area contributed by atoms with Crippen molar-refractivity contribution in [1.82, 2.24) is 25.8 Å². The lowest BCUT2D eigenvalue weighted by Gasteiger charge is -2.33. The number of hydrogen-bond acceptors (Lipinski definition) is 9. The number of likely N-dealkylation sites (tertiary alicyclic amines) is 2. The Labute approximate surface area is 348 Å². The summed E-state index contributed by atoms with van der Waals surface area (Å²) in [5.41, 5.74) is 1.13. The van der Waals surface area contributed by atoms with Gasteiger partial charge in [-0.15, -0.1) is 0 Å². The highest BCUT2D eigenvalue weighted by atomic mass is 16.6.